The van der Waals surface area contributed by atoms with Crippen molar-refractivity contribution in [3.63, 3.8) is 0 Å². The van der Waals surface area contributed by atoms with Gasteiger partial charge in [0.25, 0.3) is 0 Å². The van der Waals surface area contributed by atoms with Crippen LogP contribution in [0.4, 0.5) is 0 Å². The molecule has 0 atom stereocenters. The second-order valence-corrected chi connectivity index (χ2v) is 4.29. The summed E-state index contributed by atoms with van der Waals surface area (Å²) in [6.45, 7) is 0.968. The van der Waals surface area contributed by atoms with Crippen molar-refractivity contribution in [2.24, 2.45) is 4.99 Å². The quantitative estimate of drug-likeness (QED) is 0.767. The van der Waals surface area contributed by atoms with E-state index in [1.54, 1.807) is 7.11 Å². The van der Waals surface area contributed by atoms with E-state index in [-0.39, 0.29) is 0 Å². The van der Waals surface area contributed by atoms with Gasteiger partial charge >= 0.3 is 0 Å². The number of aliphatic imine (C=N–C) groups is 1. The van der Waals surface area contributed by atoms with E-state index in [1.165, 1.54) is 28.5 Å². The van der Waals surface area contributed by atoms with E-state index >= 15 is 0 Å². The minimum atomic E-state index is 0.933. The maximum Gasteiger partial charge on any atom is 0.126 e. The van der Waals surface area contributed by atoms with Gasteiger partial charge in [-0.15, -0.1) is 0 Å². The van der Waals surface area contributed by atoms with Crippen LogP contribution in [0.3, 0.4) is 0 Å². The first-order chi connectivity index (χ1) is 8.40. The number of nitrogens with zero attached hydrogens (tertiary/aromatic N) is 1. The van der Waals surface area contributed by atoms with Gasteiger partial charge in [-0.1, -0.05) is 24.3 Å². The largest absolute Gasteiger partial charge is 0.496 e. The van der Waals surface area contributed by atoms with E-state index in [0.717, 1.165) is 18.7 Å². The van der Waals surface area contributed by atoms with Crippen molar-refractivity contribution >= 4 is 16.5 Å². The molecule has 0 saturated heterocycles. The molecule has 0 radical (unpaired) electrons. The Kier molecular flexibility index (Phi) is 2.56. The van der Waals surface area contributed by atoms with Gasteiger partial charge in [0.05, 0.1) is 7.11 Å². The molecular formula is C15H15NO. The summed E-state index contributed by atoms with van der Waals surface area (Å²) >= 11 is 0. The Morgan fingerprint density at radius 1 is 1.06 bits per heavy atom. The lowest BCUT2D eigenvalue weighted by Gasteiger charge is -2.10. The van der Waals surface area contributed by atoms with E-state index in [1.807, 2.05) is 12.1 Å². The summed E-state index contributed by atoms with van der Waals surface area (Å²) in [7, 11) is 1.72. The van der Waals surface area contributed by atoms with Crippen LogP contribution in [0.15, 0.2) is 41.4 Å². The molecule has 3 rings (SSSR count). The lowest BCUT2D eigenvalue weighted by Crippen LogP contribution is -1.98. The van der Waals surface area contributed by atoms with Gasteiger partial charge in [-0.05, 0) is 30.4 Å². The first-order valence-electron chi connectivity index (χ1n) is 5.99. The van der Waals surface area contributed by atoms with Crippen molar-refractivity contribution in [2.75, 3.05) is 13.7 Å². The lowest BCUT2D eigenvalue weighted by atomic mass is 9.99. The molecule has 0 bridgehead atoms. The number of hydrogen-bond acceptors (Lipinski definition) is 2. The Labute approximate surface area is 101 Å². The zero-order chi connectivity index (χ0) is 11.7. The third-order valence-corrected chi connectivity index (χ3v) is 3.29. The minimum Gasteiger partial charge on any atom is -0.496 e. The topological polar surface area (TPSA) is 21.6 Å². The molecule has 1 aliphatic heterocycles. The molecule has 1 aliphatic rings. The Morgan fingerprint density at radius 3 is 2.59 bits per heavy atom. The number of rotatable bonds is 2. The Balaban J connectivity index is 2.26. The fraction of sp³-hybridized carbons (Fsp3) is 0.267. The van der Waals surface area contributed by atoms with Gasteiger partial charge in [0.15, 0.2) is 0 Å². The summed E-state index contributed by atoms with van der Waals surface area (Å²) in [5, 5.41) is 2.41. The number of methoxy groups -OCH3 is 1. The molecule has 2 nitrogen and oxygen atoms in total. The zero-order valence-electron chi connectivity index (χ0n) is 9.94. The van der Waals surface area contributed by atoms with E-state index in [4.69, 9.17) is 4.74 Å². The summed E-state index contributed by atoms with van der Waals surface area (Å²) in [5.74, 6) is 0.933. The third kappa shape index (κ3) is 1.70. The molecular weight excluding hydrogens is 210 g/mol. The predicted octanol–water partition coefficient (Wildman–Crippen LogP) is 3.43. The Morgan fingerprint density at radius 2 is 1.88 bits per heavy atom. The lowest BCUT2D eigenvalue weighted by molar-refractivity contribution is 0.420. The van der Waals surface area contributed by atoms with Crippen molar-refractivity contribution in [1.29, 1.82) is 0 Å². The molecule has 0 unspecified atom stereocenters. The SMILES string of the molecule is COc1ccc(C2=NCCC2)c2ccccc12. The third-order valence-electron chi connectivity index (χ3n) is 3.29. The maximum absolute atomic E-state index is 5.41. The summed E-state index contributed by atoms with van der Waals surface area (Å²) in [6.07, 6.45) is 2.27. The van der Waals surface area contributed by atoms with Crippen molar-refractivity contribution < 1.29 is 4.74 Å². The smallest absolute Gasteiger partial charge is 0.126 e. The van der Waals surface area contributed by atoms with Crippen LogP contribution in [0, 0.1) is 0 Å². The average Bonchev–Trinajstić information content (AvgIpc) is 2.91. The molecule has 2 aromatic carbocycles. The normalized spacial score (nSPS) is 15.0. The number of fused-ring (bicyclic) bond motifs is 1. The minimum absolute atomic E-state index is 0.933. The molecule has 0 spiro atoms. The van der Waals surface area contributed by atoms with Gasteiger partial charge in [0, 0.05) is 23.2 Å². The van der Waals surface area contributed by atoms with Gasteiger partial charge in [0.1, 0.15) is 5.75 Å². The Hall–Kier alpha value is -1.83. The number of ether oxygens (including phenoxy) is 1. The van der Waals surface area contributed by atoms with Crippen molar-refractivity contribution in [3.05, 3.63) is 42.0 Å². The molecule has 17 heavy (non-hydrogen) atoms. The summed E-state index contributed by atoms with van der Waals surface area (Å²) in [5.41, 5.74) is 2.50. The van der Waals surface area contributed by atoms with Gasteiger partial charge in [-0.2, -0.15) is 0 Å². The van der Waals surface area contributed by atoms with Crippen LogP contribution in [0.2, 0.25) is 0 Å². The van der Waals surface area contributed by atoms with Crippen LogP contribution in [0.25, 0.3) is 10.8 Å². The van der Waals surface area contributed by atoms with Gasteiger partial charge < -0.3 is 4.74 Å². The standard InChI is InChI=1S/C15H15NO/c1-17-15-9-8-12(14-7-4-10-16-14)11-5-2-3-6-13(11)15/h2-3,5-6,8-9H,4,7,10H2,1H3. The summed E-state index contributed by atoms with van der Waals surface area (Å²) in [6, 6.07) is 12.5. The summed E-state index contributed by atoms with van der Waals surface area (Å²) in [4.78, 5) is 4.59. The highest BCUT2D eigenvalue weighted by Crippen LogP contribution is 2.30. The van der Waals surface area contributed by atoms with Crippen LogP contribution in [-0.2, 0) is 0 Å². The van der Waals surface area contributed by atoms with Crippen molar-refractivity contribution in [2.45, 2.75) is 12.8 Å². The van der Waals surface area contributed by atoms with Crippen LogP contribution in [-0.4, -0.2) is 19.4 Å². The fourth-order valence-electron chi connectivity index (χ4n) is 2.46. The molecule has 0 fully saturated rings. The summed E-state index contributed by atoms with van der Waals surface area (Å²) < 4.78 is 5.41. The molecule has 86 valence electrons. The number of hydrogen-bond donors (Lipinski definition) is 0. The van der Waals surface area contributed by atoms with Crippen LogP contribution in [0.5, 0.6) is 5.75 Å². The first-order valence-corrected chi connectivity index (χ1v) is 5.99. The zero-order valence-corrected chi connectivity index (χ0v) is 9.94. The second kappa shape index (κ2) is 4.21. The van der Waals surface area contributed by atoms with Gasteiger partial charge in [0.2, 0.25) is 0 Å². The van der Waals surface area contributed by atoms with Crippen LogP contribution >= 0.6 is 0 Å². The van der Waals surface area contributed by atoms with Gasteiger partial charge in [-0.3, -0.25) is 4.99 Å². The Bertz CT molecular complexity index is 586. The van der Waals surface area contributed by atoms with Crippen molar-refractivity contribution in [3.8, 4) is 5.75 Å². The predicted molar refractivity (Wildman–Crippen MR) is 71.1 cm³/mol. The van der Waals surface area contributed by atoms with E-state index < -0.39 is 0 Å². The first kappa shape index (κ1) is 10.3. The average molecular weight is 225 g/mol. The molecule has 1 heterocycles. The van der Waals surface area contributed by atoms with E-state index in [0.29, 0.717) is 0 Å². The molecule has 0 N–H and O–H groups in total. The molecule has 2 aromatic rings. The highest BCUT2D eigenvalue weighted by molar-refractivity contribution is 6.12. The monoisotopic (exact) mass is 225 g/mol. The van der Waals surface area contributed by atoms with Crippen LogP contribution in [0.1, 0.15) is 18.4 Å². The van der Waals surface area contributed by atoms with Gasteiger partial charge in [-0.25, -0.2) is 0 Å². The molecule has 2 heteroatoms. The highest BCUT2D eigenvalue weighted by atomic mass is 16.5. The highest BCUT2D eigenvalue weighted by Gasteiger charge is 2.13. The molecule has 0 saturated carbocycles. The number of benzene rings is 2. The van der Waals surface area contributed by atoms with Crippen LogP contribution < -0.4 is 4.74 Å². The maximum atomic E-state index is 5.41. The van der Waals surface area contributed by atoms with E-state index in [9.17, 15) is 0 Å². The molecule has 0 aromatic heterocycles. The molecule has 0 aliphatic carbocycles. The van der Waals surface area contributed by atoms with Crippen molar-refractivity contribution in [1.82, 2.24) is 0 Å². The fourth-order valence-corrected chi connectivity index (χ4v) is 2.46. The molecule has 0 amide bonds. The van der Waals surface area contributed by atoms with E-state index in [2.05, 4.69) is 29.3 Å². The second-order valence-electron chi connectivity index (χ2n) is 4.29.